The van der Waals surface area contributed by atoms with Crippen molar-refractivity contribution in [3.63, 3.8) is 0 Å². The van der Waals surface area contributed by atoms with Gasteiger partial charge in [0, 0.05) is 11.8 Å². The summed E-state index contributed by atoms with van der Waals surface area (Å²) < 4.78 is 12.7. The second kappa shape index (κ2) is 4.75. The van der Waals surface area contributed by atoms with Crippen LogP contribution in [0.25, 0.3) is 0 Å². The molecular formula is C13H10FNO3. The minimum absolute atomic E-state index is 0.0251. The molecule has 0 saturated carbocycles. The summed E-state index contributed by atoms with van der Waals surface area (Å²) in [6, 6.07) is 9.35. The molecule has 5 heteroatoms. The normalized spacial score (nSPS) is 10.1. The van der Waals surface area contributed by atoms with Gasteiger partial charge in [-0.3, -0.25) is 0 Å². The van der Waals surface area contributed by atoms with Crippen LogP contribution in [0.5, 0.6) is 5.75 Å². The maximum absolute atomic E-state index is 12.7. The van der Waals surface area contributed by atoms with Crippen LogP contribution in [0.1, 0.15) is 10.4 Å². The van der Waals surface area contributed by atoms with Crippen LogP contribution in [0.4, 0.5) is 15.8 Å². The van der Waals surface area contributed by atoms with Gasteiger partial charge in [0.05, 0.1) is 11.3 Å². The van der Waals surface area contributed by atoms with Crippen LogP contribution in [0, 0.1) is 5.82 Å². The summed E-state index contributed by atoms with van der Waals surface area (Å²) in [7, 11) is 0. The zero-order valence-electron chi connectivity index (χ0n) is 9.22. The molecule has 0 aliphatic rings. The van der Waals surface area contributed by atoms with Gasteiger partial charge in [0.2, 0.25) is 0 Å². The molecule has 0 atom stereocenters. The number of benzene rings is 2. The van der Waals surface area contributed by atoms with Crippen molar-refractivity contribution < 1.29 is 19.4 Å². The summed E-state index contributed by atoms with van der Waals surface area (Å²) in [5.41, 5.74) is 0.802. The van der Waals surface area contributed by atoms with E-state index in [-0.39, 0.29) is 22.8 Å². The van der Waals surface area contributed by atoms with Crippen LogP contribution >= 0.6 is 0 Å². The first-order valence-corrected chi connectivity index (χ1v) is 5.15. The van der Waals surface area contributed by atoms with Gasteiger partial charge >= 0.3 is 5.97 Å². The average molecular weight is 247 g/mol. The molecule has 0 radical (unpaired) electrons. The fourth-order valence-electron chi connectivity index (χ4n) is 1.51. The third kappa shape index (κ3) is 2.57. The molecule has 0 bridgehead atoms. The number of anilines is 2. The summed E-state index contributed by atoms with van der Waals surface area (Å²) in [4.78, 5) is 11.0. The third-order valence-corrected chi connectivity index (χ3v) is 2.36. The monoisotopic (exact) mass is 247 g/mol. The van der Waals surface area contributed by atoms with Crippen LogP contribution in [-0.4, -0.2) is 16.2 Å². The number of aromatic hydroxyl groups is 1. The second-order valence-electron chi connectivity index (χ2n) is 3.67. The lowest BCUT2D eigenvalue weighted by Crippen LogP contribution is -2.02. The SMILES string of the molecule is O=C(O)c1ccc(O)cc1Nc1ccc(F)cc1. The second-order valence-corrected chi connectivity index (χ2v) is 3.67. The quantitative estimate of drug-likeness (QED) is 0.779. The van der Waals surface area contributed by atoms with Gasteiger partial charge in [0.15, 0.2) is 0 Å². The molecule has 0 saturated heterocycles. The van der Waals surface area contributed by atoms with Crippen LogP contribution in [-0.2, 0) is 0 Å². The molecule has 0 heterocycles. The Bertz CT molecular complexity index is 581. The van der Waals surface area contributed by atoms with Crippen molar-refractivity contribution in [1.29, 1.82) is 0 Å². The number of carboxylic acid groups (broad SMARTS) is 1. The molecule has 0 unspecified atom stereocenters. The van der Waals surface area contributed by atoms with Gasteiger partial charge in [-0.05, 0) is 36.4 Å². The van der Waals surface area contributed by atoms with Crippen molar-refractivity contribution in [2.45, 2.75) is 0 Å². The van der Waals surface area contributed by atoms with E-state index in [4.69, 9.17) is 5.11 Å². The van der Waals surface area contributed by atoms with E-state index in [0.717, 1.165) is 0 Å². The Morgan fingerprint density at radius 1 is 1.11 bits per heavy atom. The number of nitrogens with one attached hydrogen (secondary N) is 1. The van der Waals surface area contributed by atoms with Gasteiger partial charge in [-0.2, -0.15) is 0 Å². The summed E-state index contributed by atoms with van der Waals surface area (Å²) in [6.45, 7) is 0. The van der Waals surface area contributed by atoms with Gasteiger partial charge in [-0.1, -0.05) is 0 Å². The predicted octanol–water partition coefficient (Wildman–Crippen LogP) is 2.97. The molecule has 0 fully saturated rings. The minimum atomic E-state index is -1.11. The topological polar surface area (TPSA) is 69.6 Å². The van der Waals surface area contributed by atoms with Gasteiger partial charge in [-0.25, -0.2) is 9.18 Å². The Hall–Kier alpha value is -2.56. The molecule has 18 heavy (non-hydrogen) atoms. The van der Waals surface area contributed by atoms with Crippen LogP contribution < -0.4 is 5.32 Å². The smallest absolute Gasteiger partial charge is 0.337 e. The highest BCUT2D eigenvalue weighted by Gasteiger charge is 2.10. The molecule has 0 aromatic heterocycles. The summed E-state index contributed by atoms with van der Waals surface area (Å²) in [5.74, 6) is -1.54. The fraction of sp³-hybridized carbons (Fsp3) is 0. The highest BCUT2D eigenvalue weighted by molar-refractivity contribution is 5.95. The Labute approximate surface area is 102 Å². The van der Waals surface area contributed by atoms with E-state index in [9.17, 15) is 14.3 Å². The Balaban J connectivity index is 2.35. The average Bonchev–Trinajstić information content (AvgIpc) is 2.32. The van der Waals surface area contributed by atoms with E-state index in [1.165, 1.54) is 42.5 Å². The van der Waals surface area contributed by atoms with Crippen LogP contribution in [0.3, 0.4) is 0 Å². The van der Waals surface area contributed by atoms with Crippen LogP contribution in [0.15, 0.2) is 42.5 Å². The number of carbonyl (C=O) groups is 1. The van der Waals surface area contributed by atoms with E-state index in [2.05, 4.69) is 5.32 Å². The van der Waals surface area contributed by atoms with Gasteiger partial charge < -0.3 is 15.5 Å². The van der Waals surface area contributed by atoms with E-state index in [1.807, 2.05) is 0 Å². The zero-order chi connectivity index (χ0) is 13.1. The number of phenols is 1. The first kappa shape index (κ1) is 11.9. The van der Waals surface area contributed by atoms with Gasteiger partial charge in [0.25, 0.3) is 0 Å². The number of carboxylic acids is 1. The van der Waals surface area contributed by atoms with Gasteiger partial charge in [-0.15, -0.1) is 0 Å². The number of hydrogen-bond acceptors (Lipinski definition) is 3. The van der Waals surface area contributed by atoms with E-state index in [1.54, 1.807) is 0 Å². The summed E-state index contributed by atoms with van der Waals surface area (Å²) in [5, 5.41) is 21.2. The number of rotatable bonds is 3. The first-order valence-electron chi connectivity index (χ1n) is 5.15. The number of halogens is 1. The third-order valence-electron chi connectivity index (χ3n) is 2.36. The van der Waals surface area contributed by atoms with Gasteiger partial charge in [0.1, 0.15) is 11.6 Å². The van der Waals surface area contributed by atoms with Crippen molar-refractivity contribution in [1.82, 2.24) is 0 Å². The molecule has 0 aliphatic heterocycles. The fourth-order valence-corrected chi connectivity index (χ4v) is 1.51. The molecule has 2 aromatic carbocycles. The zero-order valence-corrected chi connectivity index (χ0v) is 9.22. The molecule has 0 spiro atoms. The minimum Gasteiger partial charge on any atom is -0.508 e. The lowest BCUT2D eigenvalue weighted by atomic mass is 10.1. The predicted molar refractivity (Wildman–Crippen MR) is 64.7 cm³/mol. The van der Waals surface area contributed by atoms with Crippen molar-refractivity contribution >= 4 is 17.3 Å². The van der Waals surface area contributed by atoms with Crippen molar-refractivity contribution in [3.8, 4) is 5.75 Å². The molecule has 0 amide bonds. The van der Waals surface area contributed by atoms with Crippen molar-refractivity contribution in [2.75, 3.05) is 5.32 Å². The standard InChI is InChI=1S/C13H10FNO3/c14-8-1-3-9(4-2-8)15-12-7-10(16)5-6-11(12)13(17)18/h1-7,15-16H,(H,17,18). The van der Waals surface area contributed by atoms with Crippen molar-refractivity contribution in [3.05, 3.63) is 53.8 Å². The Morgan fingerprint density at radius 2 is 1.78 bits per heavy atom. The first-order chi connectivity index (χ1) is 8.56. The number of aromatic carboxylic acids is 1. The molecule has 2 aromatic rings. The molecule has 92 valence electrons. The van der Waals surface area contributed by atoms with E-state index >= 15 is 0 Å². The maximum Gasteiger partial charge on any atom is 0.337 e. The lowest BCUT2D eigenvalue weighted by Gasteiger charge is -2.10. The Morgan fingerprint density at radius 3 is 2.39 bits per heavy atom. The maximum atomic E-state index is 12.7. The highest BCUT2D eigenvalue weighted by atomic mass is 19.1. The number of phenolic OH excluding ortho intramolecular Hbond substituents is 1. The Kier molecular flexibility index (Phi) is 3.14. The lowest BCUT2D eigenvalue weighted by molar-refractivity contribution is 0.0698. The molecular weight excluding hydrogens is 237 g/mol. The van der Waals surface area contributed by atoms with E-state index < -0.39 is 5.97 Å². The summed E-state index contributed by atoms with van der Waals surface area (Å²) >= 11 is 0. The van der Waals surface area contributed by atoms with E-state index in [0.29, 0.717) is 5.69 Å². The molecule has 4 nitrogen and oxygen atoms in total. The molecule has 3 N–H and O–H groups in total. The molecule has 0 aliphatic carbocycles. The van der Waals surface area contributed by atoms with Crippen LogP contribution in [0.2, 0.25) is 0 Å². The largest absolute Gasteiger partial charge is 0.508 e. The number of hydrogen-bond donors (Lipinski definition) is 3. The molecule has 2 rings (SSSR count). The summed E-state index contributed by atoms with van der Waals surface area (Å²) in [6.07, 6.45) is 0. The van der Waals surface area contributed by atoms with Crippen molar-refractivity contribution in [2.24, 2.45) is 0 Å². The highest BCUT2D eigenvalue weighted by Crippen LogP contribution is 2.25.